The Morgan fingerprint density at radius 2 is 2.32 bits per heavy atom. The fraction of sp³-hybridized carbons (Fsp3) is 0.533. The number of hydrogen-bond acceptors (Lipinski definition) is 2. The van der Waals surface area contributed by atoms with Crippen molar-refractivity contribution >= 4 is 22.6 Å². The van der Waals surface area contributed by atoms with Gasteiger partial charge in [0.2, 0.25) is 0 Å². The third kappa shape index (κ3) is 2.37. The van der Waals surface area contributed by atoms with Gasteiger partial charge in [-0.25, -0.2) is 4.98 Å². The zero-order valence-corrected chi connectivity index (χ0v) is 12.2. The predicted octanol–water partition coefficient (Wildman–Crippen LogP) is 3.65. The van der Waals surface area contributed by atoms with E-state index < -0.39 is 0 Å². The molecule has 3 rings (SSSR count). The van der Waals surface area contributed by atoms with E-state index in [1.54, 1.807) is 0 Å². The van der Waals surface area contributed by atoms with Crippen molar-refractivity contribution in [3.05, 3.63) is 29.6 Å². The maximum absolute atomic E-state index is 6.05. The molecule has 0 saturated carbocycles. The van der Waals surface area contributed by atoms with E-state index in [9.17, 15) is 0 Å². The number of halogens is 1. The molecular formula is C15H19ClN2O. The Kier molecular flexibility index (Phi) is 3.27. The molecule has 4 heteroatoms. The van der Waals surface area contributed by atoms with Crippen molar-refractivity contribution in [3.8, 4) is 0 Å². The fourth-order valence-corrected chi connectivity index (χ4v) is 3.07. The predicted molar refractivity (Wildman–Crippen MR) is 77.6 cm³/mol. The largest absolute Gasteiger partial charge is 0.373 e. The van der Waals surface area contributed by atoms with Crippen LogP contribution >= 0.6 is 11.6 Å². The van der Waals surface area contributed by atoms with Crippen molar-refractivity contribution in [2.24, 2.45) is 0 Å². The number of nitrogens with zero attached hydrogens (tertiary/aromatic N) is 2. The molecule has 1 aromatic heterocycles. The average molecular weight is 279 g/mol. The van der Waals surface area contributed by atoms with Crippen LogP contribution in [0, 0.1) is 6.92 Å². The first kappa shape index (κ1) is 12.9. The normalized spacial score (nSPS) is 23.3. The summed E-state index contributed by atoms with van der Waals surface area (Å²) in [4.78, 5) is 4.64. The molecule has 102 valence electrons. The second-order valence-corrected chi connectivity index (χ2v) is 5.91. The van der Waals surface area contributed by atoms with Gasteiger partial charge in [0.15, 0.2) is 0 Å². The number of alkyl halides is 1. The van der Waals surface area contributed by atoms with Gasteiger partial charge in [-0.15, -0.1) is 11.6 Å². The van der Waals surface area contributed by atoms with Crippen LogP contribution in [0.15, 0.2) is 18.2 Å². The van der Waals surface area contributed by atoms with Crippen LogP contribution < -0.4 is 0 Å². The van der Waals surface area contributed by atoms with Gasteiger partial charge >= 0.3 is 0 Å². The molecule has 0 spiro atoms. The van der Waals surface area contributed by atoms with E-state index in [2.05, 4.69) is 41.6 Å². The van der Waals surface area contributed by atoms with Crippen LogP contribution in [-0.2, 0) is 17.2 Å². The molecular weight excluding hydrogens is 260 g/mol. The van der Waals surface area contributed by atoms with Gasteiger partial charge in [-0.1, -0.05) is 6.07 Å². The number of aryl methyl sites for hydroxylation is 1. The van der Waals surface area contributed by atoms with Crippen molar-refractivity contribution in [1.29, 1.82) is 0 Å². The minimum Gasteiger partial charge on any atom is -0.373 e. The standard InChI is InChI=1S/C15H19ClN2O/c1-11-4-5-13-12(8-11)17-14(9-16)18(13)10-15(2)6-3-7-19-15/h4-5,8H,3,6-7,9-10H2,1-2H3. The van der Waals surface area contributed by atoms with Gasteiger partial charge in [0.25, 0.3) is 0 Å². The lowest BCUT2D eigenvalue weighted by Gasteiger charge is -2.25. The summed E-state index contributed by atoms with van der Waals surface area (Å²) in [6, 6.07) is 6.36. The minimum absolute atomic E-state index is 0.0840. The molecule has 0 bridgehead atoms. The number of hydrogen-bond donors (Lipinski definition) is 0. The number of imidazole rings is 1. The van der Waals surface area contributed by atoms with Crippen LogP contribution in [0.2, 0.25) is 0 Å². The summed E-state index contributed by atoms with van der Waals surface area (Å²) in [5.74, 6) is 1.36. The summed E-state index contributed by atoms with van der Waals surface area (Å²) >= 11 is 6.05. The molecule has 0 N–H and O–H groups in total. The van der Waals surface area contributed by atoms with Crippen LogP contribution in [0.1, 0.15) is 31.2 Å². The van der Waals surface area contributed by atoms with Gasteiger partial charge in [-0.3, -0.25) is 0 Å². The molecule has 2 heterocycles. The quantitative estimate of drug-likeness (QED) is 0.802. The summed E-state index contributed by atoms with van der Waals surface area (Å²) in [6.07, 6.45) is 2.23. The van der Waals surface area contributed by atoms with Crippen molar-refractivity contribution in [2.75, 3.05) is 6.61 Å². The first-order chi connectivity index (χ1) is 9.11. The zero-order valence-electron chi connectivity index (χ0n) is 11.4. The fourth-order valence-electron chi connectivity index (χ4n) is 2.86. The molecule has 2 aromatic rings. The van der Waals surface area contributed by atoms with Gasteiger partial charge < -0.3 is 9.30 Å². The van der Waals surface area contributed by atoms with E-state index in [1.165, 1.54) is 5.56 Å². The molecule has 19 heavy (non-hydrogen) atoms. The number of fused-ring (bicyclic) bond motifs is 1. The number of aromatic nitrogens is 2. The maximum Gasteiger partial charge on any atom is 0.124 e. The van der Waals surface area contributed by atoms with Crippen LogP contribution in [0.5, 0.6) is 0 Å². The lowest BCUT2D eigenvalue weighted by molar-refractivity contribution is 0.00661. The van der Waals surface area contributed by atoms with E-state index in [0.29, 0.717) is 5.88 Å². The minimum atomic E-state index is -0.0840. The Balaban J connectivity index is 2.05. The van der Waals surface area contributed by atoms with E-state index in [-0.39, 0.29) is 5.60 Å². The Bertz CT molecular complexity index is 599. The third-order valence-corrected chi connectivity index (χ3v) is 4.13. The number of ether oxygens (including phenoxy) is 1. The first-order valence-corrected chi connectivity index (χ1v) is 7.30. The van der Waals surface area contributed by atoms with Crippen molar-refractivity contribution in [1.82, 2.24) is 9.55 Å². The lowest BCUT2D eigenvalue weighted by Crippen LogP contribution is -2.30. The molecule has 1 atom stereocenters. The SMILES string of the molecule is Cc1ccc2c(c1)nc(CCl)n2CC1(C)CCCO1. The molecule has 0 radical (unpaired) electrons. The van der Waals surface area contributed by atoms with Crippen LogP contribution in [0.25, 0.3) is 11.0 Å². The van der Waals surface area contributed by atoms with E-state index >= 15 is 0 Å². The molecule has 1 aliphatic rings. The van der Waals surface area contributed by atoms with Crippen molar-refractivity contribution < 1.29 is 4.74 Å². The van der Waals surface area contributed by atoms with Crippen LogP contribution in [0.4, 0.5) is 0 Å². The van der Waals surface area contributed by atoms with E-state index in [0.717, 1.165) is 42.9 Å². The Morgan fingerprint density at radius 1 is 1.47 bits per heavy atom. The highest BCUT2D eigenvalue weighted by atomic mass is 35.5. The van der Waals surface area contributed by atoms with Gasteiger partial charge in [0, 0.05) is 6.61 Å². The van der Waals surface area contributed by atoms with Crippen molar-refractivity contribution in [2.45, 2.75) is 44.7 Å². The van der Waals surface area contributed by atoms with Gasteiger partial charge in [-0.05, 0) is 44.4 Å². The molecule has 1 saturated heterocycles. The maximum atomic E-state index is 6.05. The number of rotatable bonds is 3. The molecule has 1 aromatic carbocycles. The summed E-state index contributed by atoms with van der Waals surface area (Å²) in [6.45, 7) is 5.95. The Labute approximate surface area is 118 Å². The highest BCUT2D eigenvalue weighted by molar-refractivity contribution is 6.16. The smallest absolute Gasteiger partial charge is 0.124 e. The second-order valence-electron chi connectivity index (χ2n) is 5.64. The Hall–Kier alpha value is -1.06. The average Bonchev–Trinajstić information content (AvgIpc) is 2.94. The zero-order chi connectivity index (χ0) is 13.5. The second kappa shape index (κ2) is 4.80. The third-order valence-electron chi connectivity index (χ3n) is 3.90. The molecule has 1 unspecified atom stereocenters. The van der Waals surface area contributed by atoms with E-state index in [1.807, 2.05) is 0 Å². The summed E-state index contributed by atoms with van der Waals surface area (Å²) in [5, 5.41) is 0. The topological polar surface area (TPSA) is 27.1 Å². The summed E-state index contributed by atoms with van der Waals surface area (Å²) in [5.41, 5.74) is 3.32. The van der Waals surface area contributed by atoms with Gasteiger partial charge in [0.1, 0.15) is 5.82 Å². The molecule has 3 nitrogen and oxygen atoms in total. The molecule has 1 aliphatic heterocycles. The first-order valence-electron chi connectivity index (χ1n) is 6.77. The van der Waals surface area contributed by atoms with Gasteiger partial charge in [-0.2, -0.15) is 0 Å². The summed E-state index contributed by atoms with van der Waals surface area (Å²) < 4.78 is 8.11. The molecule has 0 aliphatic carbocycles. The van der Waals surface area contributed by atoms with Crippen LogP contribution in [0.3, 0.4) is 0 Å². The molecule has 0 amide bonds. The monoisotopic (exact) mass is 278 g/mol. The highest BCUT2D eigenvalue weighted by Crippen LogP contribution is 2.29. The molecule has 1 fully saturated rings. The van der Waals surface area contributed by atoms with Crippen LogP contribution in [-0.4, -0.2) is 21.8 Å². The van der Waals surface area contributed by atoms with Crippen molar-refractivity contribution in [3.63, 3.8) is 0 Å². The number of benzene rings is 1. The lowest BCUT2D eigenvalue weighted by atomic mass is 10.0. The highest BCUT2D eigenvalue weighted by Gasteiger charge is 2.31. The van der Waals surface area contributed by atoms with E-state index in [4.69, 9.17) is 16.3 Å². The Morgan fingerprint density at radius 3 is 3.00 bits per heavy atom. The van der Waals surface area contributed by atoms with Gasteiger partial charge in [0.05, 0.1) is 29.1 Å². The summed E-state index contributed by atoms with van der Waals surface area (Å²) in [7, 11) is 0.